The lowest BCUT2D eigenvalue weighted by Gasteiger charge is -2.08. The van der Waals surface area contributed by atoms with Crippen LogP contribution in [0.5, 0.6) is 0 Å². The third-order valence-corrected chi connectivity index (χ3v) is 2.90. The smallest absolute Gasteiger partial charge is 0.223 e. The number of anilines is 1. The summed E-state index contributed by atoms with van der Waals surface area (Å²) in [5.74, 6) is -0.0502. The number of aromatic nitrogens is 3. The van der Waals surface area contributed by atoms with Crippen LogP contribution in [0.4, 0.5) is 10.3 Å². The van der Waals surface area contributed by atoms with Gasteiger partial charge in [-0.1, -0.05) is 18.2 Å². The molecule has 1 aromatic carbocycles. The van der Waals surface area contributed by atoms with Gasteiger partial charge in [0.25, 0.3) is 0 Å². The van der Waals surface area contributed by atoms with Gasteiger partial charge in [-0.3, -0.25) is 4.98 Å². The van der Waals surface area contributed by atoms with Crippen molar-refractivity contribution in [1.29, 1.82) is 0 Å². The summed E-state index contributed by atoms with van der Waals surface area (Å²) in [6.07, 6.45) is 4.61. The lowest BCUT2D eigenvalue weighted by atomic mass is 10.0. The number of nitrogens with one attached hydrogen (secondary N) is 1. The second-order valence-electron chi connectivity index (χ2n) is 4.04. The van der Waals surface area contributed by atoms with E-state index in [1.165, 1.54) is 6.20 Å². The van der Waals surface area contributed by atoms with Crippen LogP contribution in [0.15, 0.2) is 42.9 Å². The second-order valence-corrected chi connectivity index (χ2v) is 4.04. The molecular weight excluding hydrogens is 243 g/mol. The van der Waals surface area contributed by atoms with Crippen LogP contribution in [-0.4, -0.2) is 22.0 Å². The zero-order valence-corrected chi connectivity index (χ0v) is 10.3. The number of hydrogen-bond donors (Lipinski definition) is 1. The molecule has 0 aliphatic rings. The molecule has 3 aromatic rings. The Morgan fingerprint density at radius 1 is 1.16 bits per heavy atom. The third-order valence-electron chi connectivity index (χ3n) is 2.90. The molecule has 0 radical (unpaired) electrons. The van der Waals surface area contributed by atoms with E-state index in [1.54, 1.807) is 19.4 Å². The van der Waals surface area contributed by atoms with Crippen LogP contribution in [0.1, 0.15) is 0 Å². The molecule has 1 N–H and O–H groups in total. The van der Waals surface area contributed by atoms with Crippen LogP contribution in [-0.2, 0) is 0 Å². The molecule has 19 heavy (non-hydrogen) atoms. The molecule has 0 saturated heterocycles. The Kier molecular flexibility index (Phi) is 2.79. The maximum Gasteiger partial charge on any atom is 0.223 e. The van der Waals surface area contributed by atoms with E-state index in [4.69, 9.17) is 0 Å². The lowest BCUT2D eigenvalue weighted by Crippen LogP contribution is -2.00. The zero-order valence-electron chi connectivity index (χ0n) is 10.3. The molecule has 0 spiro atoms. The lowest BCUT2D eigenvalue weighted by molar-refractivity contribution is 0.619. The Morgan fingerprint density at radius 2 is 2.05 bits per heavy atom. The van der Waals surface area contributed by atoms with Gasteiger partial charge in [-0.2, -0.15) is 0 Å². The quantitative estimate of drug-likeness (QED) is 0.764. The summed E-state index contributed by atoms with van der Waals surface area (Å²) in [5.41, 5.74) is 1.02. The Bertz CT molecular complexity index is 737. The molecule has 4 nitrogen and oxygen atoms in total. The average molecular weight is 254 g/mol. The van der Waals surface area contributed by atoms with Crippen LogP contribution in [0.3, 0.4) is 0 Å². The van der Waals surface area contributed by atoms with Crippen LogP contribution in [0, 0.1) is 5.82 Å². The molecule has 2 heterocycles. The number of hydrogen-bond acceptors (Lipinski definition) is 4. The second kappa shape index (κ2) is 4.61. The molecule has 0 aliphatic carbocycles. The summed E-state index contributed by atoms with van der Waals surface area (Å²) < 4.78 is 14.0. The van der Waals surface area contributed by atoms with Gasteiger partial charge in [0.2, 0.25) is 5.95 Å². The molecule has 3 rings (SSSR count). The van der Waals surface area contributed by atoms with Crippen LogP contribution >= 0.6 is 0 Å². The molecule has 0 saturated carbocycles. The fourth-order valence-corrected chi connectivity index (χ4v) is 2.01. The fraction of sp³-hybridized carbons (Fsp3) is 0.0714. The van der Waals surface area contributed by atoms with Crippen molar-refractivity contribution in [2.75, 3.05) is 12.4 Å². The Balaban J connectivity index is 2.30. The molecule has 0 fully saturated rings. The van der Waals surface area contributed by atoms with Crippen LogP contribution in [0.2, 0.25) is 0 Å². The monoisotopic (exact) mass is 254 g/mol. The van der Waals surface area contributed by atoms with E-state index in [9.17, 15) is 4.39 Å². The summed E-state index contributed by atoms with van der Waals surface area (Å²) in [6, 6.07) is 7.49. The van der Waals surface area contributed by atoms with E-state index < -0.39 is 5.82 Å². The minimum Gasteiger partial charge on any atom is -0.357 e. The van der Waals surface area contributed by atoms with E-state index in [-0.39, 0.29) is 5.69 Å². The highest BCUT2D eigenvalue weighted by Gasteiger charge is 2.11. The highest BCUT2D eigenvalue weighted by atomic mass is 19.1. The highest BCUT2D eigenvalue weighted by molar-refractivity contribution is 5.95. The van der Waals surface area contributed by atoms with E-state index >= 15 is 0 Å². The summed E-state index contributed by atoms with van der Waals surface area (Å²) in [4.78, 5) is 12.1. The minimum absolute atomic E-state index is 0.288. The van der Waals surface area contributed by atoms with Gasteiger partial charge in [0.05, 0.1) is 6.20 Å². The summed E-state index contributed by atoms with van der Waals surface area (Å²) >= 11 is 0. The fourth-order valence-electron chi connectivity index (χ4n) is 2.01. The molecule has 0 amide bonds. The summed E-state index contributed by atoms with van der Waals surface area (Å²) in [7, 11) is 1.70. The van der Waals surface area contributed by atoms with E-state index in [0.717, 1.165) is 16.3 Å². The predicted octanol–water partition coefficient (Wildman–Crippen LogP) is 2.87. The number of rotatable bonds is 2. The first-order valence-corrected chi connectivity index (χ1v) is 5.83. The molecule has 2 aromatic heterocycles. The number of nitrogens with zero attached hydrogens (tertiary/aromatic N) is 3. The first-order valence-electron chi connectivity index (χ1n) is 5.83. The van der Waals surface area contributed by atoms with Gasteiger partial charge in [0.15, 0.2) is 5.82 Å². The van der Waals surface area contributed by atoms with Crippen molar-refractivity contribution in [3.05, 3.63) is 48.7 Å². The first-order chi connectivity index (χ1) is 9.29. The molecule has 0 unspecified atom stereocenters. The van der Waals surface area contributed by atoms with Gasteiger partial charge < -0.3 is 5.32 Å². The van der Waals surface area contributed by atoms with Crippen molar-refractivity contribution in [3.63, 3.8) is 0 Å². The molecule has 94 valence electrons. The van der Waals surface area contributed by atoms with E-state index in [0.29, 0.717) is 5.95 Å². The summed E-state index contributed by atoms with van der Waals surface area (Å²) in [5, 5.41) is 4.67. The van der Waals surface area contributed by atoms with Gasteiger partial charge in [0, 0.05) is 30.4 Å². The Labute approximate surface area is 109 Å². The maximum absolute atomic E-state index is 14.0. The largest absolute Gasteiger partial charge is 0.357 e. The molecule has 0 aliphatic heterocycles. The Morgan fingerprint density at radius 3 is 2.89 bits per heavy atom. The van der Waals surface area contributed by atoms with E-state index in [1.807, 2.05) is 24.3 Å². The van der Waals surface area contributed by atoms with Crippen molar-refractivity contribution in [2.45, 2.75) is 0 Å². The van der Waals surface area contributed by atoms with E-state index in [2.05, 4.69) is 20.3 Å². The van der Waals surface area contributed by atoms with Gasteiger partial charge in [0.1, 0.15) is 5.69 Å². The average Bonchev–Trinajstić information content (AvgIpc) is 2.47. The van der Waals surface area contributed by atoms with Gasteiger partial charge >= 0.3 is 0 Å². The number of fused-ring (bicyclic) bond motifs is 1. The number of benzene rings is 1. The standard InChI is InChI=1S/C14H11FN4/c1-16-14-18-8-12(15)13(19-14)11-4-2-3-9-7-17-6-5-10(9)11/h2-8H,1H3,(H,16,18,19). The molecule has 5 heteroatoms. The maximum atomic E-state index is 14.0. The third kappa shape index (κ3) is 1.99. The summed E-state index contributed by atoms with van der Waals surface area (Å²) in [6.45, 7) is 0. The predicted molar refractivity (Wildman–Crippen MR) is 72.3 cm³/mol. The van der Waals surface area contributed by atoms with Gasteiger partial charge in [-0.15, -0.1) is 0 Å². The highest BCUT2D eigenvalue weighted by Crippen LogP contribution is 2.28. The minimum atomic E-state index is -0.441. The van der Waals surface area contributed by atoms with Gasteiger partial charge in [-0.05, 0) is 11.5 Å². The SMILES string of the molecule is CNc1ncc(F)c(-c2cccc3cnccc23)n1. The molecular formula is C14H11FN4. The Hall–Kier alpha value is -2.56. The van der Waals surface area contributed by atoms with Crippen molar-refractivity contribution in [1.82, 2.24) is 15.0 Å². The van der Waals surface area contributed by atoms with Crippen molar-refractivity contribution in [2.24, 2.45) is 0 Å². The van der Waals surface area contributed by atoms with Crippen molar-refractivity contribution >= 4 is 16.7 Å². The van der Waals surface area contributed by atoms with Gasteiger partial charge in [-0.25, -0.2) is 14.4 Å². The molecule has 0 bridgehead atoms. The first kappa shape index (κ1) is 11.5. The topological polar surface area (TPSA) is 50.7 Å². The zero-order chi connectivity index (χ0) is 13.2. The van der Waals surface area contributed by atoms with Crippen molar-refractivity contribution in [3.8, 4) is 11.3 Å². The number of pyridine rings is 1. The normalized spacial score (nSPS) is 10.6. The van der Waals surface area contributed by atoms with Crippen molar-refractivity contribution < 1.29 is 4.39 Å². The van der Waals surface area contributed by atoms with Crippen LogP contribution < -0.4 is 5.32 Å². The van der Waals surface area contributed by atoms with Crippen LogP contribution in [0.25, 0.3) is 22.0 Å². The molecule has 0 atom stereocenters. The number of halogens is 1.